The minimum absolute atomic E-state index is 0.00627. The fourth-order valence-corrected chi connectivity index (χ4v) is 2.72. The fraction of sp³-hybridized carbons (Fsp3) is 0.444. The lowest BCUT2D eigenvalue weighted by Gasteiger charge is -2.32. The number of carbonyl (C=O) groups excluding carboxylic acids is 2. The monoisotopic (exact) mass is 348 g/mol. The predicted octanol–water partition coefficient (Wildman–Crippen LogP) is 2.22. The number of methoxy groups -OCH3 is 2. The molecule has 1 aliphatic rings. The molecule has 1 aliphatic heterocycles. The Morgan fingerprint density at radius 1 is 1.24 bits per heavy atom. The van der Waals surface area contributed by atoms with Gasteiger partial charge >= 0.3 is 6.09 Å². The van der Waals surface area contributed by atoms with E-state index in [2.05, 4.69) is 11.9 Å². The van der Waals surface area contributed by atoms with Gasteiger partial charge in [0.05, 0.1) is 14.2 Å². The Labute approximate surface area is 147 Å². The first-order valence-electron chi connectivity index (χ1n) is 8.14. The summed E-state index contributed by atoms with van der Waals surface area (Å²) in [5.74, 6) is 1.04. The number of alkyl carbamates (subject to hydrolysis) is 1. The SMILES string of the molecule is C=CCOC(=O)NC1CCN(C(=O)c2ccc(OC)c(OC)c2)CC1. The lowest BCUT2D eigenvalue weighted by molar-refractivity contribution is 0.0702. The molecule has 7 heteroatoms. The highest BCUT2D eigenvalue weighted by atomic mass is 16.5. The summed E-state index contributed by atoms with van der Waals surface area (Å²) in [6.45, 7) is 4.82. The topological polar surface area (TPSA) is 77.1 Å². The fourth-order valence-electron chi connectivity index (χ4n) is 2.72. The Morgan fingerprint density at radius 2 is 1.92 bits per heavy atom. The molecule has 1 fully saturated rings. The van der Waals surface area contributed by atoms with E-state index < -0.39 is 6.09 Å². The van der Waals surface area contributed by atoms with E-state index >= 15 is 0 Å². The Hall–Kier alpha value is -2.70. The Bertz CT molecular complexity index is 624. The molecule has 2 amide bonds. The summed E-state index contributed by atoms with van der Waals surface area (Å²) >= 11 is 0. The van der Waals surface area contributed by atoms with Gasteiger partial charge in [0.2, 0.25) is 0 Å². The number of amides is 2. The first kappa shape index (κ1) is 18.6. The molecule has 7 nitrogen and oxygen atoms in total. The van der Waals surface area contributed by atoms with Gasteiger partial charge in [-0.3, -0.25) is 4.79 Å². The van der Waals surface area contributed by atoms with Crippen LogP contribution in [0, 0.1) is 0 Å². The highest BCUT2D eigenvalue weighted by Gasteiger charge is 2.25. The maximum Gasteiger partial charge on any atom is 0.407 e. The standard InChI is InChI=1S/C18H24N2O5/c1-4-11-25-18(22)19-14-7-9-20(10-8-14)17(21)13-5-6-15(23-2)16(12-13)24-3/h4-6,12,14H,1,7-11H2,2-3H3,(H,19,22). The summed E-state index contributed by atoms with van der Waals surface area (Å²) in [4.78, 5) is 26.0. The van der Waals surface area contributed by atoms with Crippen LogP contribution in [0.2, 0.25) is 0 Å². The molecule has 2 rings (SSSR count). The zero-order valence-electron chi connectivity index (χ0n) is 14.6. The third-order valence-corrected chi connectivity index (χ3v) is 4.07. The zero-order valence-corrected chi connectivity index (χ0v) is 14.6. The number of piperidine rings is 1. The van der Waals surface area contributed by atoms with Gasteiger partial charge in [0, 0.05) is 24.7 Å². The molecule has 0 unspecified atom stereocenters. The summed E-state index contributed by atoms with van der Waals surface area (Å²) < 4.78 is 15.3. The molecule has 0 spiro atoms. The Balaban J connectivity index is 1.91. The number of carbonyl (C=O) groups is 2. The van der Waals surface area contributed by atoms with Gasteiger partial charge in [-0.15, -0.1) is 0 Å². The van der Waals surface area contributed by atoms with Crippen molar-refractivity contribution < 1.29 is 23.8 Å². The third-order valence-electron chi connectivity index (χ3n) is 4.07. The number of rotatable bonds is 6. The van der Waals surface area contributed by atoms with Gasteiger partial charge in [0.1, 0.15) is 6.61 Å². The van der Waals surface area contributed by atoms with Crippen molar-refractivity contribution in [3.63, 3.8) is 0 Å². The molecule has 1 N–H and O–H groups in total. The van der Waals surface area contributed by atoms with Crippen LogP contribution in [0.3, 0.4) is 0 Å². The van der Waals surface area contributed by atoms with E-state index in [0.29, 0.717) is 43.0 Å². The van der Waals surface area contributed by atoms with Crippen LogP contribution in [0.25, 0.3) is 0 Å². The van der Waals surface area contributed by atoms with E-state index in [1.54, 1.807) is 30.2 Å². The van der Waals surface area contributed by atoms with Crippen molar-refractivity contribution in [1.82, 2.24) is 10.2 Å². The summed E-state index contributed by atoms with van der Waals surface area (Å²) in [6.07, 6.45) is 2.43. The second-order valence-electron chi connectivity index (χ2n) is 5.67. The van der Waals surface area contributed by atoms with Gasteiger partial charge in [-0.25, -0.2) is 4.79 Å². The number of nitrogens with zero attached hydrogens (tertiary/aromatic N) is 1. The molecule has 0 aromatic heterocycles. The van der Waals surface area contributed by atoms with Crippen LogP contribution in [0.4, 0.5) is 4.79 Å². The quantitative estimate of drug-likeness (QED) is 0.798. The summed E-state index contributed by atoms with van der Waals surface area (Å²) in [6, 6.07) is 5.13. The molecule has 1 saturated heterocycles. The molecule has 136 valence electrons. The van der Waals surface area contributed by atoms with Gasteiger partial charge < -0.3 is 24.4 Å². The zero-order chi connectivity index (χ0) is 18.2. The molecule has 0 radical (unpaired) electrons. The minimum Gasteiger partial charge on any atom is -0.493 e. The molecular weight excluding hydrogens is 324 g/mol. The van der Waals surface area contributed by atoms with Crippen molar-refractivity contribution in [3.8, 4) is 11.5 Å². The predicted molar refractivity (Wildman–Crippen MR) is 93.2 cm³/mol. The number of likely N-dealkylation sites (tertiary alicyclic amines) is 1. The molecule has 0 aliphatic carbocycles. The first-order chi connectivity index (χ1) is 12.1. The maximum absolute atomic E-state index is 12.6. The number of ether oxygens (including phenoxy) is 3. The van der Waals surface area contributed by atoms with Crippen molar-refractivity contribution in [1.29, 1.82) is 0 Å². The molecule has 1 aromatic carbocycles. The highest BCUT2D eigenvalue weighted by Crippen LogP contribution is 2.28. The van der Waals surface area contributed by atoms with Crippen LogP contribution in [0.15, 0.2) is 30.9 Å². The Kier molecular flexibility index (Phi) is 6.68. The van der Waals surface area contributed by atoms with E-state index in [1.807, 2.05) is 0 Å². The molecule has 25 heavy (non-hydrogen) atoms. The van der Waals surface area contributed by atoms with E-state index in [0.717, 1.165) is 0 Å². The average Bonchev–Trinajstić information content (AvgIpc) is 2.65. The first-order valence-corrected chi connectivity index (χ1v) is 8.14. The van der Waals surface area contributed by atoms with Crippen molar-refractivity contribution in [2.45, 2.75) is 18.9 Å². The van der Waals surface area contributed by atoms with Crippen LogP contribution in [-0.2, 0) is 4.74 Å². The Morgan fingerprint density at radius 3 is 2.52 bits per heavy atom. The number of hydrogen-bond donors (Lipinski definition) is 1. The molecule has 1 heterocycles. The van der Waals surface area contributed by atoms with Gasteiger partial charge in [0.15, 0.2) is 11.5 Å². The van der Waals surface area contributed by atoms with E-state index in [9.17, 15) is 9.59 Å². The molecule has 0 saturated carbocycles. The molecule has 0 bridgehead atoms. The van der Waals surface area contributed by atoms with Crippen LogP contribution in [0.5, 0.6) is 11.5 Å². The molecular formula is C18H24N2O5. The maximum atomic E-state index is 12.6. The summed E-state index contributed by atoms with van der Waals surface area (Å²) in [7, 11) is 3.09. The largest absolute Gasteiger partial charge is 0.493 e. The van der Waals surface area contributed by atoms with Crippen LogP contribution in [-0.4, -0.2) is 56.9 Å². The van der Waals surface area contributed by atoms with Crippen molar-refractivity contribution >= 4 is 12.0 Å². The van der Waals surface area contributed by atoms with Gasteiger partial charge in [-0.2, -0.15) is 0 Å². The van der Waals surface area contributed by atoms with Crippen LogP contribution < -0.4 is 14.8 Å². The van der Waals surface area contributed by atoms with E-state index in [1.165, 1.54) is 13.2 Å². The smallest absolute Gasteiger partial charge is 0.407 e. The molecule has 1 aromatic rings. The third kappa shape index (κ3) is 4.89. The number of hydrogen-bond acceptors (Lipinski definition) is 5. The van der Waals surface area contributed by atoms with E-state index in [-0.39, 0.29) is 18.6 Å². The van der Waals surface area contributed by atoms with Crippen molar-refractivity contribution in [3.05, 3.63) is 36.4 Å². The van der Waals surface area contributed by atoms with Gasteiger partial charge in [-0.05, 0) is 31.0 Å². The van der Waals surface area contributed by atoms with E-state index in [4.69, 9.17) is 14.2 Å². The molecule has 0 atom stereocenters. The second-order valence-corrected chi connectivity index (χ2v) is 5.67. The lowest BCUT2D eigenvalue weighted by Crippen LogP contribution is -2.46. The number of benzene rings is 1. The highest BCUT2D eigenvalue weighted by molar-refractivity contribution is 5.95. The minimum atomic E-state index is -0.454. The van der Waals surface area contributed by atoms with Crippen LogP contribution in [0.1, 0.15) is 23.2 Å². The van der Waals surface area contributed by atoms with Gasteiger partial charge in [-0.1, -0.05) is 12.7 Å². The van der Waals surface area contributed by atoms with Crippen molar-refractivity contribution in [2.75, 3.05) is 33.9 Å². The number of nitrogens with one attached hydrogen (secondary N) is 1. The van der Waals surface area contributed by atoms with Gasteiger partial charge in [0.25, 0.3) is 5.91 Å². The normalized spacial score (nSPS) is 14.6. The van der Waals surface area contributed by atoms with Crippen molar-refractivity contribution in [2.24, 2.45) is 0 Å². The second kappa shape index (κ2) is 8.96. The van der Waals surface area contributed by atoms with Crippen LogP contribution >= 0.6 is 0 Å². The summed E-state index contributed by atoms with van der Waals surface area (Å²) in [5, 5.41) is 2.80. The lowest BCUT2D eigenvalue weighted by atomic mass is 10.0. The average molecular weight is 348 g/mol. The summed E-state index contributed by atoms with van der Waals surface area (Å²) in [5.41, 5.74) is 0.550.